The number of rotatable bonds is 4. The van der Waals surface area contributed by atoms with Crippen LogP contribution >= 0.6 is 0 Å². The van der Waals surface area contributed by atoms with E-state index in [1.807, 2.05) is 27.7 Å². The molecule has 5 atom stereocenters. The maximum Gasteiger partial charge on any atom is 0.408 e. The Hall–Kier alpha value is -1.38. The largest absolute Gasteiger partial charge is 0.460 e. The molecule has 1 amide bonds. The second-order valence-corrected chi connectivity index (χ2v) is 10.2. The molecule has 3 fully saturated rings. The van der Waals surface area contributed by atoms with Crippen molar-refractivity contribution in [2.24, 2.45) is 11.8 Å². The minimum absolute atomic E-state index is 0.220. The highest BCUT2D eigenvalue weighted by Gasteiger charge is 2.65. The fraction of sp³-hybridized carbons (Fsp3) is 0.900. The van der Waals surface area contributed by atoms with Gasteiger partial charge in [0.15, 0.2) is 0 Å². The second-order valence-electron chi connectivity index (χ2n) is 10.2. The highest BCUT2D eigenvalue weighted by Crippen LogP contribution is 2.51. The average Bonchev–Trinajstić information content (AvgIpc) is 3.23. The topological polar surface area (TPSA) is 92.3 Å². The van der Waals surface area contributed by atoms with Crippen molar-refractivity contribution >= 4 is 12.1 Å². The van der Waals surface area contributed by atoms with E-state index in [2.05, 4.69) is 5.32 Å². The highest BCUT2D eigenvalue weighted by atomic mass is 16.9. The Morgan fingerprint density at radius 2 is 1.71 bits per heavy atom. The fourth-order valence-corrected chi connectivity index (χ4v) is 3.63. The van der Waals surface area contributed by atoms with Gasteiger partial charge in [0, 0.05) is 12.3 Å². The number of hydrogen-bond donors (Lipinski definition) is 1. The van der Waals surface area contributed by atoms with E-state index in [1.165, 1.54) is 0 Å². The minimum Gasteiger partial charge on any atom is -0.460 e. The number of amides is 1. The second kappa shape index (κ2) is 6.85. The van der Waals surface area contributed by atoms with Gasteiger partial charge in [0.2, 0.25) is 0 Å². The Morgan fingerprint density at radius 1 is 1.07 bits per heavy atom. The van der Waals surface area contributed by atoms with Crippen LogP contribution in [0.3, 0.4) is 0 Å². The lowest BCUT2D eigenvalue weighted by molar-refractivity contribution is -0.380. The van der Waals surface area contributed by atoms with Gasteiger partial charge in [-0.05, 0) is 54.9 Å². The summed E-state index contributed by atoms with van der Waals surface area (Å²) in [6.07, 6.45) is 0.662. The molecular formula is C20H33NO7. The number of ether oxygens (including phenoxy) is 5. The van der Waals surface area contributed by atoms with Gasteiger partial charge in [-0.1, -0.05) is 0 Å². The number of fused-ring (bicyclic) bond motifs is 2. The molecule has 2 heterocycles. The Labute approximate surface area is 166 Å². The van der Waals surface area contributed by atoms with Crippen LogP contribution in [-0.4, -0.2) is 54.1 Å². The molecule has 3 rings (SSSR count). The normalized spacial score (nSPS) is 35.8. The number of hydrogen-bond acceptors (Lipinski definition) is 7. The third-order valence-electron chi connectivity index (χ3n) is 4.93. The molecule has 2 bridgehead atoms. The van der Waals surface area contributed by atoms with Crippen LogP contribution in [0.2, 0.25) is 0 Å². The van der Waals surface area contributed by atoms with Crippen LogP contribution in [-0.2, 0) is 28.5 Å². The van der Waals surface area contributed by atoms with E-state index in [0.717, 1.165) is 0 Å². The van der Waals surface area contributed by atoms with E-state index in [0.29, 0.717) is 26.1 Å². The van der Waals surface area contributed by atoms with E-state index < -0.39 is 34.9 Å². The van der Waals surface area contributed by atoms with Gasteiger partial charge in [-0.3, -0.25) is 4.79 Å². The predicted molar refractivity (Wildman–Crippen MR) is 99.3 cm³/mol. The number of esters is 1. The average molecular weight is 399 g/mol. The molecule has 2 unspecified atom stereocenters. The first-order valence-electron chi connectivity index (χ1n) is 9.92. The molecule has 0 radical (unpaired) electrons. The van der Waals surface area contributed by atoms with Gasteiger partial charge >= 0.3 is 18.0 Å². The van der Waals surface area contributed by atoms with Crippen molar-refractivity contribution in [3.63, 3.8) is 0 Å². The van der Waals surface area contributed by atoms with Gasteiger partial charge in [0.25, 0.3) is 0 Å². The van der Waals surface area contributed by atoms with Crippen LogP contribution < -0.4 is 5.32 Å². The molecule has 2 aliphatic heterocycles. The Balaban J connectivity index is 1.77. The van der Waals surface area contributed by atoms with Crippen molar-refractivity contribution in [1.82, 2.24) is 5.32 Å². The number of nitrogens with one attached hydrogen (secondary N) is 1. The Kier molecular flexibility index (Phi) is 5.22. The fourth-order valence-electron chi connectivity index (χ4n) is 3.63. The summed E-state index contributed by atoms with van der Waals surface area (Å²) < 4.78 is 28.8. The molecule has 8 heteroatoms. The molecule has 0 aromatic carbocycles. The van der Waals surface area contributed by atoms with Crippen LogP contribution in [0.1, 0.15) is 61.3 Å². The Morgan fingerprint density at radius 3 is 2.32 bits per heavy atom. The van der Waals surface area contributed by atoms with E-state index in [-0.39, 0.29) is 17.8 Å². The number of carbonyl (C=O) groups excluding carboxylic acids is 2. The smallest absolute Gasteiger partial charge is 0.408 e. The predicted octanol–water partition coefficient (Wildman–Crippen LogP) is 2.74. The molecule has 160 valence electrons. The molecule has 3 aliphatic rings. The molecule has 0 spiro atoms. The lowest BCUT2D eigenvalue weighted by Crippen LogP contribution is -2.60. The van der Waals surface area contributed by atoms with Crippen LogP contribution in [0.4, 0.5) is 4.79 Å². The summed E-state index contributed by atoms with van der Waals surface area (Å²) in [5, 5.41) is 2.84. The van der Waals surface area contributed by atoms with E-state index in [9.17, 15) is 9.59 Å². The summed E-state index contributed by atoms with van der Waals surface area (Å²) in [6.45, 7) is 13.6. The third kappa shape index (κ3) is 4.78. The van der Waals surface area contributed by atoms with Crippen LogP contribution in [0.5, 0.6) is 0 Å². The summed E-state index contributed by atoms with van der Waals surface area (Å²) >= 11 is 0. The van der Waals surface area contributed by atoms with Gasteiger partial charge in [0.05, 0.1) is 24.7 Å². The molecule has 8 nitrogen and oxygen atoms in total. The third-order valence-corrected chi connectivity index (χ3v) is 4.93. The maximum absolute atomic E-state index is 12.5. The molecule has 0 aromatic rings. The van der Waals surface area contributed by atoms with Crippen LogP contribution in [0.25, 0.3) is 0 Å². The summed E-state index contributed by atoms with van der Waals surface area (Å²) in [5.41, 5.74) is -1.70. The minimum atomic E-state index is -1.41. The van der Waals surface area contributed by atoms with E-state index in [1.54, 1.807) is 20.8 Å². The van der Waals surface area contributed by atoms with Crippen molar-refractivity contribution in [2.75, 3.05) is 13.2 Å². The molecule has 2 saturated heterocycles. The lowest BCUT2D eigenvalue weighted by Gasteiger charge is -2.40. The number of alkyl carbamates (subject to hydrolysis) is 1. The zero-order valence-electron chi connectivity index (χ0n) is 17.9. The molecule has 1 saturated carbocycles. The van der Waals surface area contributed by atoms with Crippen molar-refractivity contribution in [3.05, 3.63) is 0 Å². The zero-order valence-corrected chi connectivity index (χ0v) is 17.9. The summed E-state index contributed by atoms with van der Waals surface area (Å²) in [6, 6.07) is -0.679. The van der Waals surface area contributed by atoms with Gasteiger partial charge in [0.1, 0.15) is 17.2 Å². The highest BCUT2D eigenvalue weighted by molar-refractivity contribution is 5.77. The van der Waals surface area contributed by atoms with Crippen LogP contribution in [0.15, 0.2) is 0 Å². The van der Waals surface area contributed by atoms with Crippen molar-refractivity contribution < 1.29 is 33.3 Å². The van der Waals surface area contributed by atoms with Crippen molar-refractivity contribution in [3.8, 4) is 0 Å². The van der Waals surface area contributed by atoms with E-state index in [4.69, 9.17) is 23.7 Å². The molecule has 1 N–H and O–H groups in total. The standard InChI is InChI=1S/C20H33NO7/c1-17(2,3)26-15(22)13-10-12(13)14(21-16(23)27-18(4,5)6)20-24-9-8-19(7,28-20)11-25-20/h12-14H,8-11H2,1-7H3,(H,21,23)/t12-,13+,14+,19?,20?/m1/s1. The van der Waals surface area contributed by atoms with Gasteiger partial charge < -0.3 is 29.0 Å². The van der Waals surface area contributed by atoms with Crippen LogP contribution in [0, 0.1) is 11.8 Å². The molecule has 0 aromatic heterocycles. The molecule has 28 heavy (non-hydrogen) atoms. The zero-order chi connectivity index (χ0) is 21.0. The monoisotopic (exact) mass is 399 g/mol. The van der Waals surface area contributed by atoms with Gasteiger partial charge in [-0.15, -0.1) is 0 Å². The summed E-state index contributed by atoms with van der Waals surface area (Å²) in [5.74, 6) is -2.27. The van der Waals surface area contributed by atoms with E-state index >= 15 is 0 Å². The summed E-state index contributed by atoms with van der Waals surface area (Å²) in [7, 11) is 0. The first-order valence-corrected chi connectivity index (χ1v) is 9.92. The Bertz CT molecular complexity index is 637. The summed E-state index contributed by atoms with van der Waals surface area (Å²) in [4.78, 5) is 25.0. The van der Waals surface area contributed by atoms with Crippen molar-refractivity contribution in [1.29, 1.82) is 0 Å². The quantitative estimate of drug-likeness (QED) is 0.727. The SMILES string of the molecule is CC(C)(C)OC(=O)N[C@@H]([C@@H]1C[C@@H]1C(=O)OC(C)(C)C)C12OCCC(C)(CO1)O2. The first-order chi connectivity index (χ1) is 12.7. The molecular weight excluding hydrogens is 366 g/mol. The maximum atomic E-state index is 12.5. The lowest BCUT2D eigenvalue weighted by atomic mass is 10.0. The number of carbonyl (C=O) groups is 2. The molecule has 1 aliphatic carbocycles. The van der Waals surface area contributed by atoms with Crippen molar-refractivity contribution in [2.45, 2.75) is 90.1 Å². The first kappa shape index (κ1) is 21.3. The van der Waals surface area contributed by atoms with Gasteiger partial charge in [-0.25, -0.2) is 4.79 Å². The van der Waals surface area contributed by atoms with Gasteiger partial charge in [-0.2, -0.15) is 0 Å².